The first-order chi connectivity index (χ1) is 15.7. The van der Waals surface area contributed by atoms with Gasteiger partial charge >= 0.3 is 0 Å². The minimum Gasteiger partial charge on any atom is -0.353 e. The number of pyridine rings is 1. The topological polar surface area (TPSA) is 45.2 Å². The number of hydrogen-bond donors (Lipinski definition) is 0. The second kappa shape index (κ2) is 9.57. The number of hydrogen-bond acceptors (Lipinski definition) is 7. The van der Waals surface area contributed by atoms with Crippen LogP contribution in [-0.2, 0) is 12.3 Å². The van der Waals surface area contributed by atoms with E-state index in [2.05, 4.69) is 71.1 Å². The molecule has 0 bridgehead atoms. The van der Waals surface area contributed by atoms with E-state index in [-0.39, 0.29) is 0 Å². The standard InChI is InChI=1S/C25H27N5S2/c1-18-19(2)32-25-23(18)24(27-22(28-25)17-31-21-6-4-3-5-7-21)30-14-12-29(13-15-30)16-20-8-10-26-11-9-20/h3-11H,12-17H2,1-2H3. The van der Waals surface area contributed by atoms with E-state index in [0.29, 0.717) is 0 Å². The van der Waals surface area contributed by atoms with Crippen molar-refractivity contribution in [2.75, 3.05) is 31.1 Å². The summed E-state index contributed by atoms with van der Waals surface area (Å²) in [5.41, 5.74) is 2.64. The van der Waals surface area contributed by atoms with Crippen LogP contribution in [0, 0.1) is 13.8 Å². The first kappa shape index (κ1) is 21.4. The van der Waals surface area contributed by atoms with Crippen LogP contribution >= 0.6 is 23.1 Å². The average molecular weight is 462 g/mol. The summed E-state index contributed by atoms with van der Waals surface area (Å²) in [5, 5.41) is 1.24. The Morgan fingerprint density at radius 2 is 1.69 bits per heavy atom. The highest BCUT2D eigenvalue weighted by atomic mass is 32.2. The predicted octanol–water partition coefficient (Wildman–Crippen LogP) is 5.32. The molecule has 1 aromatic carbocycles. The Hall–Kier alpha value is -2.48. The highest BCUT2D eigenvalue weighted by Crippen LogP contribution is 2.36. The zero-order valence-corrected chi connectivity index (χ0v) is 20.1. The van der Waals surface area contributed by atoms with Crippen molar-refractivity contribution in [3.05, 3.63) is 76.7 Å². The third kappa shape index (κ3) is 4.65. The molecule has 0 amide bonds. The molecule has 0 atom stereocenters. The Balaban J connectivity index is 1.36. The molecule has 0 unspecified atom stereocenters. The van der Waals surface area contributed by atoms with Gasteiger partial charge in [0, 0.05) is 54.9 Å². The number of nitrogens with zero attached hydrogens (tertiary/aromatic N) is 5. The van der Waals surface area contributed by atoms with Crippen LogP contribution in [0.1, 0.15) is 21.8 Å². The van der Waals surface area contributed by atoms with Crippen molar-refractivity contribution in [1.29, 1.82) is 0 Å². The summed E-state index contributed by atoms with van der Waals surface area (Å²) < 4.78 is 0. The molecule has 5 rings (SSSR count). The zero-order valence-electron chi connectivity index (χ0n) is 18.5. The average Bonchev–Trinajstić information content (AvgIpc) is 3.12. The zero-order chi connectivity index (χ0) is 21.9. The molecule has 7 heteroatoms. The van der Waals surface area contributed by atoms with Crippen molar-refractivity contribution in [2.45, 2.75) is 31.0 Å². The van der Waals surface area contributed by atoms with Gasteiger partial charge in [-0.05, 0) is 49.2 Å². The van der Waals surface area contributed by atoms with E-state index in [0.717, 1.165) is 54.9 Å². The van der Waals surface area contributed by atoms with Crippen LogP contribution in [0.4, 0.5) is 5.82 Å². The summed E-state index contributed by atoms with van der Waals surface area (Å²) in [7, 11) is 0. The van der Waals surface area contributed by atoms with E-state index >= 15 is 0 Å². The van der Waals surface area contributed by atoms with Crippen molar-refractivity contribution in [2.24, 2.45) is 0 Å². The molecule has 0 saturated carbocycles. The van der Waals surface area contributed by atoms with E-state index in [4.69, 9.17) is 9.97 Å². The number of benzene rings is 1. The van der Waals surface area contributed by atoms with Crippen LogP contribution in [0.5, 0.6) is 0 Å². The van der Waals surface area contributed by atoms with Crippen molar-refractivity contribution in [1.82, 2.24) is 19.9 Å². The number of fused-ring (bicyclic) bond motifs is 1. The SMILES string of the molecule is Cc1sc2nc(CSc3ccccc3)nc(N3CCN(Cc4ccncc4)CC3)c2c1C. The van der Waals surface area contributed by atoms with Crippen LogP contribution < -0.4 is 4.90 Å². The Morgan fingerprint density at radius 1 is 0.938 bits per heavy atom. The molecule has 0 radical (unpaired) electrons. The predicted molar refractivity (Wildman–Crippen MR) is 135 cm³/mol. The van der Waals surface area contributed by atoms with E-state index in [1.54, 1.807) is 23.1 Å². The second-order valence-corrected chi connectivity index (χ2v) is 10.4. The molecule has 3 aromatic heterocycles. The van der Waals surface area contributed by atoms with Gasteiger partial charge in [-0.25, -0.2) is 9.97 Å². The Bertz CT molecular complexity index is 1190. The van der Waals surface area contributed by atoms with Gasteiger partial charge in [0.15, 0.2) is 0 Å². The van der Waals surface area contributed by atoms with Gasteiger partial charge < -0.3 is 4.90 Å². The van der Waals surface area contributed by atoms with Crippen LogP contribution in [0.15, 0.2) is 59.8 Å². The first-order valence-corrected chi connectivity index (χ1v) is 12.8. The Kier molecular flexibility index (Phi) is 6.39. The molecule has 5 nitrogen and oxygen atoms in total. The van der Waals surface area contributed by atoms with Gasteiger partial charge in [0.1, 0.15) is 16.5 Å². The lowest BCUT2D eigenvalue weighted by atomic mass is 10.2. The summed E-state index contributed by atoms with van der Waals surface area (Å²) >= 11 is 3.59. The number of aryl methyl sites for hydroxylation is 2. The van der Waals surface area contributed by atoms with Crippen molar-refractivity contribution in [3.8, 4) is 0 Å². The number of anilines is 1. The monoisotopic (exact) mass is 461 g/mol. The molecule has 4 heterocycles. The van der Waals surface area contributed by atoms with Gasteiger partial charge in [-0.3, -0.25) is 9.88 Å². The lowest BCUT2D eigenvalue weighted by Crippen LogP contribution is -2.46. The number of rotatable bonds is 6. The molecule has 1 saturated heterocycles. The van der Waals surface area contributed by atoms with Crippen molar-refractivity contribution >= 4 is 39.1 Å². The third-order valence-corrected chi connectivity index (χ3v) is 8.10. The molecule has 1 aliphatic heterocycles. The molecule has 164 valence electrons. The van der Waals surface area contributed by atoms with Crippen LogP contribution in [0.3, 0.4) is 0 Å². The second-order valence-electron chi connectivity index (χ2n) is 8.15. The maximum atomic E-state index is 5.10. The molecular weight excluding hydrogens is 434 g/mol. The number of thioether (sulfide) groups is 1. The molecule has 32 heavy (non-hydrogen) atoms. The number of aromatic nitrogens is 3. The van der Waals surface area contributed by atoms with Gasteiger partial charge in [0.05, 0.1) is 11.1 Å². The van der Waals surface area contributed by atoms with Crippen molar-refractivity contribution in [3.63, 3.8) is 0 Å². The van der Waals surface area contributed by atoms with E-state index < -0.39 is 0 Å². The van der Waals surface area contributed by atoms with Crippen LogP contribution in [-0.4, -0.2) is 46.0 Å². The molecule has 1 fully saturated rings. The normalized spacial score (nSPS) is 14.9. The lowest BCUT2D eigenvalue weighted by Gasteiger charge is -2.36. The quantitative estimate of drug-likeness (QED) is 0.362. The number of thiophene rings is 1. The van der Waals surface area contributed by atoms with Crippen LogP contribution in [0.2, 0.25) is 0 Å². The maximum absolute atomic E-state index is 5.10. The fraction of sp³-hybridized carbons (Fsp3) is 0.320. The minimum absolute atomic E-state index is 0.783. The Labute approximate surface area is 197 Å². The van der Waals surface area contributed by atoms with E-state index in [1.165, 1.54) is 26.3 Å². The molecule has 0 aliphatic carbocycles. The van der Waals surface area contributed by atoms with Crippen molar-refractivity contribution < 1.29 is 0 Å². The number of piperazine rings is 1. The van der Waals surface area contributed by atoms with Gasteiger partial charge in [-0.2, -0.15) is 0 Å². The van der Waals surface area contributed by atoms with E-state index in [9.17, 15) is 0 Å². The first-order valence-electron chi connectivity index (χ1n) is 11.0. The molecular formula is C25H27N5S2. The summed E-state index contributed by atoms with van der Waals surface area (Å²) in [6.07, 6.45) is 3.75. The summed E-state index contributed by atoms with van der Waals surface area (Å²) in [6.45, 7) is 9.41. The fourth-order valence-electron chi connectivity index (χ4n) is 4.09. The molecule has 0 N–H and O–H groups in total. The van der Waals surface area contributed by atoms with Gasteiger partial charge in [-0.15, -0.1) is 23.1 Å². The summed E-state index contributed by atoms with van der Waals surface area (Å²) in [6, 6.07) is 14.7. The summed E-state index contributed by atoms with van der Waals surface area (Å²) in [5.74, 6) is 2.82. The largest absolute Gasteiger partial charge is 0.353 e. The Morgan fingerprint density at radius 3 is 2.44 bits per heavy atom. The maximum Gasteiger partial charge on any atom is 0.142 e. The van der Waals surface area contributed by atoms with Gasteiger partial charge in [-0.1, -0.05) is 18.2 Å². The summed E-state index contributed by atoms with van der Waals surface area (Å²) in [4.78, 5) is 22.8. The fourth-order valence-corrected chi connectivity index (χ4v) is 5.91. The highest BCUT2D eigenvalue weighted by Gasteiger charge is 2.23. The smallest absolute Gasteiger partial charge is 0.142 e. The van der Waals surface area contributed by atoms with Crippen LogP contribution in [0.25, 0.3) is 10.2 Å². The third-order valence-electron chi connectivity index (χ3n) is 5.99. The highest BCUT2D eigenvalue weighted by molar-refractivity contribution is 7.98. The van der Waals surface area contributed by atoms with E-state index in [1.807, 2.05) is 12.4 Å². The van der Waals surface area contributed by atoms with Gasteiger partial charge in [0.2, 0.25) is 0 Å². The molecule has 4 aromatic rings. The molecule has 1 aliphatic rings. The molecule has 0 spiro atoms. The van der Waals surface area contributed by atoms with Gasteiger partial charge in [0.25, 0.3) is 0 Å². The lowest BCUT2D eigenvalue weighted by molar-refractivity contribution is 0.249. The minimum atomic E-state index is 0.783.